The highest BCUT2D eigenvalue weighted by Crippen LogP contribution is 2.24. The van der Waals surface area contributed by atoms with Crippen molar-refractivity contribution in [3.05, 3.63) is 22.4 Å². The van der Waals surface area contributed by atoms with Crippen molar-refractivity contribution in [1.29, 1.82) is 0 Å². The molecule has 0 aliphatic heterocycles. The van der Waals surface area contributed by atoms with Gasteiger partial charge >= 0.3 is 5.69 Å². The minimum atomic E-state index is -3.77. The van der Waals surface area contributed by atoms with Gasteiger partial charge in [0.25, 0.3) is 0 Å². The van der Waals surface area contributed by atoms with E-state index in [2.05, 4.69) is 4.98 Å². The normalized spacial score (nSPS) is 11.7. The first-order chi connectivity index (χ1) is 8.80. The van der Waals surface area contributed by atoms with Crippen molar-refractivity contribution in [2.24, 2.45) is 0 Å². The average Bonchev–Trinajstić information content (AvgIpc) is 2.35. The summed E-state index contributed by atoms with van der Waals surface area (Å²) in [6.45, 7) is 2.28. The van der Waals surface area contributed by atoms with Crippen LogP contribution in [0.3, 0.4) is 0 Å². The summed E-state index contributed by atoms with van der Waals surface area (Å²) in [7, 11) is -2.35. The molecule has 0 atom stereocenters. The average molecular weight is 288 g/mol. The molecule has 0 unspecified atom stereocenters. The number of nitro groups is 1. The quantitative estimate of drug-likeness (QED) is 0.615. The summed E-state index contributed by atoms with van der Waals surface area (Å²) in [4.78, 5) is 13.3. The third kappa shape index (κ3) is 3.38. The summed E-state index contributed by atoms with van der Waals surface area (Å²) in [6.07, 6.45) is 2.58. The van der Waals surface area contributed by atoms with E-state index in [-0.39, 0.29) is 10.7 Å². The van der Waals surface area contributed by atoms with Gasteiger partial charge in [0.05, 0.1) is 4.92 Å². The number of nitrogens with two attached hydrogens (primary N) is 1. The predicted molar refractivity (Wildman–Crippen MR) is 70.0 cm³/mol. The highest BCUT2D eigenvalue weighted by Gasteiger charge is 2.24. The van der Waals surface area contributed by atoms with E-state index in [1.807, 2.05) is 6.92 Å². The lowest BCUT2D eigenvalue weighted by atomic mass is 10.3. The summed E-state index contributed by atoms with van der Waals surface area (Å²) in [5.41, 5.74) is 4.82. The Morgan fingerprint density at radius 3 is 2.68 bits per heavy atom. The number of pyridine rings is 1. The van der Waals surface area contributed by atoms with Gasteiger partial charge in [-0.15, -0.1) is 0 Å². The molecule has 106 valence electrons. The maximum atomic E-state index is 12.1. The van der Waals surface area contributed by atoms with Gasteiger partial charge in [0, 0.05) is 25.9 Å². The summed E-state index contributed by atoms with van der Waals surface area (Å²) in [5, 5.41) is 10.7. The van der Waals surface area contributed by atoms with Crippen LogP contribution in [-0.2, 0) is 10.0 Å². The van der Waals surface area contributed by atoms with Crippen molar-refractivity contribution in [1.82, 2.24) is 9.29 Å². The molecule has 9 heteroatoms. The summed E-state index contributed by atoms with van der Waals surface area (Å²) in [5.74, 6) is -0.305. The van der Waals surface area contributed by atoms with Gasteiger partial charge < -0.3 is 5.73 Å². The second-order valence-corrected chi connectivity index (χ2v) is 6.06. The summed E-state index contributed by atoms with van der Waals surface area (Å²) in [6, 6.07) is 0.931. The first-order valence-electron chi connectivity index (χ1n) is 5.67. The SMILES string of the molecule is CCCCN(C)S(=O)(=O)c1cnc(N)c([N+](=O)[O-])c1. The maximum absolute atomic E-state index is 12.1. The molecule has 8 nitrogen and oxygen atoms in total. The number of rotatable bonds is 6. The lowest BCUT2D eigenvalue weighted by molar-refractivity contribution is -0.384. The number of hydrogen-bond acceptors (Lipinski definition) is 6. The van der Waals surface area contributed by atoms with Crippen LogP contribution in [0.25, 0.3) is 0 Å². The number of nitrogen functional groups attached to an aromatic ring is 1. The molecule has 0 amide bonds. The van der Waals surface area contributed by atoms with E-state index in [0.717, 1.165) is 23.0 Å². The topological polar surface area (TPSA) is 119 Å². The largest absolute Gasteiger partial charge is 0.378 e. The third-order valence-electron chi connectivity index (χ3n) is 2.60. The standard InChI is InChI=1S/C10H16N4O4S/c1-3-4-5-13(2)19(17,18)8-6-9(14(15)16)10(11)12-7-8/h6-7H,3-5H2,1-2H3,(H2,11,12). The van der Waals surface area contributed by atoms with E-state index in [0.29, 0.717) is 13.0 Å². The van der Waals surface area contributed by atoms with Crippen LogP contribution < -0.4 is 5.73 Å². The lowest BCUT2D eigenvalue weighted by Gasteiger charge is -2.16. The minimum absolute atomic E-state index is 0.230. The Hall–Kier alpha value is -1.74. The van der Waals surface area contributed by atoms with Crippen molar-refractivity contribution in [2.45, 2.75) is 24.7 Å². The lowest BCUT2D eigenvalue weighted by Crippen LogP contribution is -2.28. The van der Waals surface area contributed by atoms with E-state index >= 15 is 0 Å². The number of aromatic nitrogens is 1. The van der Waals surface area contributed by atoms with Crippen molar-refractivity contribution in [3.8, 4) is 0 Å². The minimum Gasteiger partial charge on any atom is -0.378 e. The number of anilines is 1. The molecule has 0 aromatic carbocycles. The predicted octanol–water partition coefficient (Wildman–Crippen LogP) is 0.993. The molecule has 0 saturated carbocycles. The van der Waals surface area contributed by atoms with Crippen LogP contribution in [0.15, 0.2) is 17.2 Å². The molecule has 19 heavy (non-hydrogen) atoms. The Morgan fingerprint density at radius 1 is 1.53 bits per heavy atom. The van der Waals surface area contributed by atoms with E-state index in [1.165, 1.54) is 7.05 Å². The van der Waals surface area contributed by atoms with Crippen LogP contribution in [0, 0.1) is 10.1 Å². The van der Waals surface area contributed by atoms with Gasteiger partial charge in [0.15, 0.2) is 0 Å². The molecule has 1 aromatic rings. The van der Waals surface area contributed by atoms with E-state index in [9.17, 15) is 18.5 Å². The van der Waals surface area contributed by atoms with Gasteiger partial charge in [-0.2, -0.15) is 0 Å². The van der Waals surface area contributed by atoms with Gasteiger partial charge in [-0.3, -0.25) is 10.1 Å². The Balaban J connectivity index is 3.15. The van der Waals surface area contributed by atoms with E-state index in [4.69, 9.17) is 5.73 Å². The van der Waals surface area contributed by atoms with Gasteiger partial charge in [-0.1, -0.05) is 13.3 Å². The molecule has 1 heterocycles. The molecular formula is C10H16N4O4S. The Labute approximate surface area is 111 Å². The molecule has 0 aliphatic rings. The monoisotopic (exact) mass is 288 g/mol. The zero-order valence-electron chi connectivity index (χ0n) is 10.7. The molecule has 0 aliphatic carbocycles. The van der Waals surface area contributed by atoms with Crippen LogP contribution in [0.2, 0.25) is 0 Å². The third-order valence-corrected chi connectivity index (χ3v) is 4.43. The molecule has 0 radical (unpaired) electrons. The zero-order chi connectivity index (χ0) is 14.6. The van der Waals surface area contributed by atoms with Crippen molar-refractivity contribution in [2.75, 3.05) is 19.3 Å². The van der Waals surface area contributed by atoms with Gasteiger partial charge in [-0.05, 0) is 6.42 Å². The molecule has 2 N–H and O–H groups in total. The fourth-order valence-electron chi connectivity index (χ4n) is 1.41. The molecule has 1 aromatic heterocycles. The Kier molecular flexibility index (Phi) is 4.78. The van der Waals surface area contributed by atoms with E-state index < -0.39 is 20.6 Å². The fraction of sp³-hybridized carbons (Fsp3) is 0.500. The molecular weight excluding hydrogens is 272 g/mol. The van der Waals surface area contributed by atoms with Crippen LogP contribution in [0.5, 0.6) is 0 Å². The van der Waals surface area contributed by atoms with Gasteiger partial charge in [0.1, 0.15) is 4.90 Å². The molecule has 0 fully saturated rings. The van der Waals surface area contributed by atoms with Gasteiger partial charge in [0.2, 0.25) is 15.8 Å². The van der Waals surface area contributed by atoms with Crippen LogP contribution in [0.1, 0.15) is 19.8 Å². The van der Waals surface area contributed by atoms with Crippen molar-refractivity contribution in [3.63, 3.8) is 0 Å². The van der Waals surface area contributed by atoms with Crippen molar-refractivity contribution < 1.29 is 13.3 Å². The van der Waals surface area contributed by atoms with Gasteiger partial charge in [-0.25, -0.2) is 17.7 Å². The number of sulfonamides is 1. The maximum Gasteiger partial charge on any atom is 0.312 e. The first-order valence-corrected chi connectivity index (χ1v) is 7.11. The van der Waals surface area contributed by atoms with E-state index in [1.54, 1.807) is 0 Å². The highest BCUT2D eigenvalue weighted by atomic mass is 32.2. The molecule has 0 bridgehead atoms. The molecule has 0 saturated heterocycles. The van der Waals surface area contributed by atoms with Crippen LogP contribution in [-0.4, -0.2) is 36.2 Å². The second-order valence-electron chi connectivity index (χ2n) is 4.01. The highest BCUT2D eigenvalue weighted by molar-refractivity contribution is 7.89. The Bertz CT molecular complexity index is 573. The van der Waals surface area contributed by atoms with Crippen molar-refractivity contribution >= 4 is 21.5 Å². The van der Waals surface area contributed by atoms with Crippen LogP contribution >= 0.6 is 0 Å². The Morgan fingerprint density at radius 2 is 2.16 bits per heavy atom. The molecule has 1 rings (SSSR count). The number of nitrogens with zero attached hydrogens (tertiary/aromatic N) is 3. The zero-order valence-corrected chi connectivity index (χ0v) is 11.6. The first kappa shape index (κ1) is 15.3. The fourth-order valence-corrected chi connectivity index (χ4v) is 2.59. The summed E-state index contributed by atoms with van der Waals surface area (Å²) >= 11 is 0. The second kappa shape index (κ2) is 5.93. The number of unbranched alkanes of at least 4 members (excludes halogenated alkanes) is 1. The molecule has 0 spiro atoms. The number of hydrogen-bond donors (Lipinski definition) is 1. The van der Waals surface area contributed by atoms with Crippen LogP contribution in [0.4, 0.5) is 11.5 Å². The smallest absolute Gasteiger partial charge is 0.312 e. The summed E-state index contributed by atoms with van der Waals surface area (Å²) < 4.78 is 25.4.